The quantitative estimate of drug-likeness (QED) is 0.611. The van der Waals surface area contributed by atoms with Crippen LogP contribution in [0.25, 0.3) is 10.2 Å². The van der Waals surface area contributed by atoms with Gasteiger partial charge in [-0.1, -0.05) is 18.2 Å². The lowest BCUT2D eigenvalue weighted by Crippen LogP contribution is -2.43. The van der Waals surface area contributed by atoms with Crippen molar-refractivity contribution in [2.45, 2.75) is 26.4 Å². The number of carbonyl (C=O) groups is 2. The van der Waals surface area contributed by atoms with Crippen LogP contribution in [0.5, 0.6) is 5.88 Å². The average Bonchev–Trinajstić information content (AvgIpc) is 3.15. The third-order valence-electron chi connectivity index (χ3n) is 5.59. The minimum Gasteiger partial charge on any atom is -0.480 e. The van der Waals surface area contributed by atoms with Gasteiger partial charge < -0.3 is 19.7 Å². The molecule has 1 aliphatic heterocycles. The predicted molar refractivity (Wildman–Crippen MR) is 123 cm³/mol. The first kappa shape index (κ1) is 22.2. The second-order valence-electron chi connectivity index (χ2n) is 7.76. The molecule has 1 atom stereocenters. The van der Waals surface area contributed by atoms with E-state index in [1.54, 1.807) is 19.1 Å². The van der Waals surface area contributed by atoms with Gasteiger partial charge in [0.15, 0.2) is 5.82 Å². The lowest BCUT2D eigenvalue weighted by Gasteiger charge is -2.32. The van der Waals surface area contributed by atoms with Crippen molar-refractivity contribution < 1.29 is 19.1 Å². The summed E-state index contributed by atoms with van der Waals surface area (Å²) < 4.78 is 10.6. The van der Waals surface area contributed by atoms with Crippen LogP contribution in [0.2, 0.25) is 0 Å². The third-order valence-corrected chi connectivity index (χ3v) is 6.76. The molecule has 8 nitrogen and oxygen atoms in total. The van der Waals surface area contributed by atoms with Crippen LogP contribution in [0, 0.1) is 12.8 Å². The number of aromatic nitrogens is 2. The summed E-state index contributed by atoms with van der Waals surface area (Å²) >= 11 is 1.33. The van der Waals surface area contributed by atoms with Gasteiger partial charge >= 0.3 is 0 Å². The van der Waals surface area contributed by atoms with E-state index in [1.807, 2.05) is 37.3 Å². The molecule has 1 aliphatic rings. The molecule has 32 heavy (non-hydrogen) atoms. The number of likely N-dealkylation sites (tertiary alicyclic amines) is 1. The molecule has 0 spiro atoms. The van der Waals surface area contributed by atoms with Crippen molar-refractivity contribution in [1.29, 1.82) is 0 Å². The number of nitrogens with zero attached hydrogens (tertiary/aromatic N) is 3. The second kappa shape index (κ2) is 9.62. The summed E-state index contributed by atoms with van der Waals surface area (Å²) in [6.07, 6.45) is 1.54. The predicted octanol–water partition coefficient (Wildman–Crippen LogP) is 3.65. The lowest BCUT2D eigenvalue weighted by atomic mass is 9.96. The summed E-state index contributed by atoms with van der Waals surface area (Å²) in [5, 5.41) is 3.70. The van der Waals surface area contributed by atoms with E-state index < -0.39 is 0 Å². The number of amides is 2. The number of rotatable bonds is 6. The molecule has 1 fully saturated rings. The van der Waals surface area contributed by atoms with Crippen molar-refractivity contribution in [2.24, 2.45) is 5.92 Å². The molecule has 1 unspecified atom stereocenters. The van der Waals surface area contributed by atoms with Crippen molar-refractivity contribution in [2.75, 3.05) is 32.6 Å². The Bertz CT molecular complexity index is 1130. The third kappa shape index (κ3) is 4.44. The molecule has 0 radical (unpaired) electrons. The van der Waals surface area contributed by atoms with Gasteiger partial charge in [0.2, 0.25) is 11.8 Å². The number of ether oxygens (including phenoxy) is 2. The van der Waals surface area contributed by atoms with Gasteiger partial charge in [0.25, 0.3) is 5.91 Å². The van der Waals surface area contributed by atoms with Gasteiger partial charge in [0.05, 0.1) is 23.3 Å². The standard InChI is InChI=1S/C23H26N4O4S/c1-14-18-21(31-3)25-17(13-30-2)26-22(18)32-19(14)23(29)27-11-7-8-15(12-27)20(28)24-16-9-5-4-6-10-16/h4-6,9-10,15H,7-8,11-13H2,1-3H3,(H,24,28). The van der Waals surface area contributed by atoms with E-state index in [4.69, 9.17) is 9.47 Å². The van der Waals surface area contributed by atoms with E-state index in [0.29, 0.717) is 34.5 Å². The van der Waals surface area contributed by atoms with Gasteiger partial charge in [-0.2, -0.15) is 4.98 Å². The van der Waals surface area contributed by atoms with Gasteiger partial charge in [-0.3, -0.25) is 9.59 Å². The molecular formula is C23H26N4O4S. The van der Waals surface area contributed by atoms with E-state index in [2.05, 4.69) is 15.3 Å². The number of thiophene rings is 1. The topological polar surface area (TPSA) is 93.7 Å². The fraction of sp³-hybridized carbons (Fsp3) is 0.391. The molecule has 9 heteroatoms. The number of piperidine rings is 1. The summed E-state index contributed by atoms with van der Waals surface area (Å²) in [5.74, 6) is 0.558. The Morgan fingerprint density at radius 2 is 2.00 bits per heavy atom. The second-order valence-corrected chi connectivity index (χ2v) is 8.76. The largest absolute Gasteiger partial charge is 0.480 e. The van der Waals surface area contributed by atoms with Gasteiger partial charge in [-0.25, -0.2) is 4.98 Å². The number of carbonyl (C=O) groups excluding carboxylic acids is 2. The Morgan fingerprint density at radius 1 is 1.22 bits per heavy atom. The highest BCUT2D eigenvalue weighted by Crippen LogP contribution is 2.36. The number of hydrogen-bond donors (Lipinski definition) is 1. The van der Waals surface area contributed by atoms with Gasteiger partial charge in [0, 0.05) is 25.9 Å². The summed E-state index contributed by atoms with van der Waals surface area (Å²) in [6.45, 7) is 3.16. The maximum atomic E-state index is 13.4. The summed E-state index contributed by atoms with van der Waals surface area (Å²) in [6, 6.07) is 9.38. The van der Waals surface area contributed by atoms with Crippen LogP contribution >= 0.6 is 11.3 Å². The molecule has 2 aromatic heterocycles. The maximum Gasteiger partial charge on any atom is 0.264 e. The average molecular weight is 455 g/mol. The van der Waals surface area contributed by atoms with E-state index in [-0.39, 0.29) is 24.3 Å². The molecule has 0 bridgehead atoms. The van der Waals surface area contributed by atoms with E-state index in [0.717, 1.165) is 29.5 Å². The Kier molecular flexibility index (Phi) is 6.66. The molecule has 3 heterocycles. The molecule has 1 saturated heterocycles. The van der Waals surface area contributed by atoms with Crippen LogP contribution in [-0.2, 0) is 16.1 Å². The number of fused-ring (bicyclic) bond motifs is 1. The first-order valence-electron chi connectivity index (χ1n) is 10.5. The first-order valence-corrected chi connectivity index (χ1v) is 11.3. The molecule has 0 aliphatic carbocycles. The molecule has 168 valence electrons. The highest BCUT2D eigenvalue weighted by molar-refractivity contribution is 7.20. The highest BCUT2D eigenvalue weighted by Gasteiger charge is 2.31. The number of anilines is 1. The van der Waals surface area contributed by atoms with Crippen LogP contribution in [-0.4, -0.2) is 54.0 Å². The zero-order valence-corrected chi connectivity index (χ0v) is 19.2. The minimum atomic E-state index is -0.245. The van der Waals surface area contributed by atoms with Crippen molar-refractivity contribution in [1.82, 2.24) is 14.9 Å². The normalized spacial score (nSPS) is 16.2. The monoisotopic (exact) mass is 454 g/mol. The number of benzene rings is 1. The van der Waals surface area contributed by atoms with Crippen LogP contribution < -0.4 is 10.1 Å². The number of hydrogen-bond acceptors (Lipinski definition) is 7. The van der Waals surface area contributed by atoms with Crippen LogP contribution in [0.1, 0.15) is 33.9 Å². The van der Waals surface area contributed by atoms with Crippen LogP contribution in [0.4, 0.5) is 5.69 Å². The Labute approximate surface area is 190 Å². The molecule has 2 amide bonds. The summed E-state index contributed by atoms with van der Waals surface area (Å²) in [7, 11) is 3.13. The van der Waals surface area contributed by atoms with Crippen molar-refractivity contribution in [3.63, 3.8) is 0 Å². The van der Waals surface area contributed by atoms with Gasteiger partial charge in [-0.05, 0) is 37.5 Å². The number of para-hydroxylation sites is 1. The van der Waals surface area contributed by atoms with E-state index in [1.165, 1.54) is 11.3 Å². The zero-order chi connectivity index (χ0) is 22.7. The van der Waals surface area contributed by atoms with Crippen LogP contribution in [0.3, 0.4) is 0 Å². The first-order chi connectivity index (χ1) is 15.5. The number of methoxy groups -OCH3 is 2. The fourth-order valence-corrected chi connectivity index (χ4v) is 5.13. The van der Waals surface area contributed by atoms with Crippen LogP contribution in [0.15, 0.2) is 30.3 Å². The Balaban J connectivity index is 1.55. The summed E-state index contributed by atoms with van der Waals surface area (Å²) in [4.78, 5) is 38.2. The number of aryl methyl sites for hydroxylation is 1. The fourth-order valence-electron chi connectivity index (χ4n) is 3.97. The summed E-state index contributed by atoms with van der Waals surface area (Å²) in [5.41, 5.74) is 1.56. The number of nitrogens with one attached hydrogen (secondary N) is 1. The van der Waals surface area contributed by atoms with Gasteiger partial charge in [0.1, 0.15) is 11.4 Å². The molecule has 3 aromatic rings. The highest BCUT2D eigenvalue weighted by atomic mass is 32.1. The molecule has 4 rings (SSSR count). The molecule has 1 aromatic carbocycles. The van der Waals surface area contributed by atoms with E-state index in [9.17, 15) is 9.59 Å². The lowest BCUT2D eigenvalue weighted by molar-refractivity contribution is -0.121. The van der Waals surface area contributed by atoms with Gasteiger partial charge in [-0.15, -0.1) is 11.3 Å². The Morgan fingerprint density at radius 3 is 2.72 bits per heavy atom. The smallest absolute Gasteiger partial charge is 0.264 e. The SMILES string of the molecule is COCc1nc(OC)c2c(C)c(C(=O)N3CCCC(C(=O)Nc4ccccc4)C3)sc2n1. The zero-order valence-electron chi connectivity index (χ0n) is 18.4. The minimum absolute atomic E-state index is 0.0569. The van der Waals surface area contributed by atoms with E-state index >= 15 is 0 Å². The van der Waals surface area contributed by atoms with Crippen molar-refractivity contribution >= 4 is 39.1 Å². The maximum absolute atomic E-state index is 13.4. The van der Waals surface area contributed by atoms with Crippen molar-refractivity contribution in [3.8, 4) is 5.88 Å². The Hall–Kier alpha value is -3.04. The molecular weight excluding hydrogens is 428 g/mol. The molecule has 0 saturated carbocycles. The van der Waals surface area contributed by atoms with Crippen molar-refractivity contribution in [3.05, 3.63) is 46.6 Å². The molecule has 1 N–H and O–H groups in total.